The molecule has 2 nitrogen and oxygen atoms in total. The molecular weight excluding hydrogens is 327 g/mol. The number of hydrogen-bond acceptors (Lipinski definition) is 1. The topological polar surface area (TPSA) is 17.8 Å². The van der Waals surface area contributed by atoms with Crippen LogP contribution in [0.15, 0.2) is 54.9 Å². The number of rotatable bonds is 2. The van der Waals surface area contributed by atoms with Gasteiger partial charge in [0.25, 0.3) is 0 Å². The summed E-state index contributed by atoms with van der Waals surface area (Å²) in [6.45, 7) is 2.99. The molecule has 0 amide bonds. The minimum Gasteiger partial charge on any atom is -0.339 e. The Labute approximate surface area is 144 Å². The average molecular weight is 341 g/mol. The van der Waals surface area contributed by atoms with Crippen LogP contribution in [-0.4, -0.2) is 9.55 Å². The normalized spacial score (nSPS) is 11.4. The molecule has 2 aromatic heterocycles. The predicted molar refractivity (Wildman–Crippen MR) is 98.4 cm³/mol. The van der Waals surface area contributed by atoms with Crippen LogP contribution < -0.4 is 0 Å². The van der Waals surface area contributed by atoms with Crippen LogP contribution in [0.4, 0.5) is 0 Å². The van der Waals surface area contributed by atoms with Gasteiger partial charge in [0.05, 0.1) is 17.2 Å². The number of aryl methyl sites for hydroxylation is 1. The van der Waals surface area contributed by atoms with E-state index in [1.807, 2.05) is 54.9 Å². The maximum Gasteiger partial charge on any atom is 0.0677 e. The summed E-state index contributed by atoms with van der Waals surface area (Å²) in [5.41, 5.74) is 4.30. The van der Waals surface area contributed by atoms with Crippen molar-refractivity contribution >= 4 is 45.0 Å². The van der Waals surface area contributed by atoms with Gasteiger partial charge in [-0.2, -0.15) is 0 Å². The number of aromatic nitrogens is 2. The van der Waals surface area contributed by atoms with Gasteiger partial charge < -0.3 is 4.57 Å². The van der Waals surface area contributed by atoms with Crippen molar-refractivity contribution in [3.05, 3.63) is 64.9 Å². The van der Waals surface area contributed by atoms with E-state index in [2.05, 4.69) is 16.5 Å². The number of halogens is 2. The second-order valence-electron chi connectivity index (χ2n) is 5.47. The maximum absolute atomic E-state index is 6.44. The number of pyridine rings is 1. The van der Waals surface area contributed by atoms with Crippen molar-refractivity contribution in [2.75, 3.05) is 0 Å². The first-order chi connectivity index (χ1) is 11.2. The number of hydrogen-bond donors (Lipinski definition) is 0. The largest absolute Gasteiger partial charge is 0.339 e. The Balaban J connectivity index is 2.23. The first-order valence-corrected chi connectivity index (χ1v) is 8.26. The van der Waals surface area contributed by atoms with Crippen LogP contribution in [0.25, 0.3) is 32.9 Å². The third kappa shape index (κ3) is 2.21. The van der Waals surface area contributed by atoms with Gasteiger partial charge in [0.1, 0.15) is 0 Å². The van der Waals surface area contributed by atoms with E-state index in [9.17, 15) is 0 Å². The van der Waals surface area contributed by atoms with E-state index in [0.717, 1.165) is 44.5 Å². The Morgan fingerprint density at radius 1 is 1.00 bits per heavy atom. The summed E-state index contributed by atoms with van der Waals surface area (Å²) in [6, 6.07) is 13.9. The summed E-state index contributed by atoms with van der Waals surface area (Å²) in [5.74, 6) is 0. The maximum atomic E-state index is 6.44. The first-order valence-electron chi connectivity index (χ1n) is 7.51. The smallest absolute Gasteiger partial charge is 0.0677 e. The Kier molecular flexibility index (Phi) is 3.51. The lowest BCUT2D eigenvalue weighted by Crippen LogP contribution is -1.95. The molecule has 4 rings (SSSR count). The molecule has 0 atom stereocenters. The Hall–Kier alpha value is -2.03. The molecule has 0 radical (unpaired) electrons. The van der Waals surface area contributed by atoms with Crippen LogP contribution >= 0.6 is 23.2 Å². The molecule has 0 saturated heterocycles. The number of nitrogens with zero attached hydrogens (tertiary/aromatic N) is 2. The molecule has 0 spiro atoms. The molecule has 0 saturated carbocycles. The summed E-state index contributed by atoms with van der Waals surface area (Å²) in [7, 11) is 0. The Bertz CT molecular complexity index is 1030. The zero-order valence-electron chi connectivity index (χ0n) is 12.6. The third-order valence-electron chi connectivity index (χ3n) is 4.21. The molecular formula is C19H14Cl2N2. The Morgan fingerprint density at radius 2 is 1.83 bits per heavy atom. The van der Waals surface area contributed by atoms with E-state index < -0.39 is 0 Å². The molecule has 2 aromatic carbocycles. The fourth-order valence-corrected chi connectivity index (χ4v) is 3.71. The standard InChI is InChI=1S/C19H14Cl2N2/c1-2-23-18-11-22-8-7-14(18)16-10-12(20)9-15(19(16)23)13-5-3-4-6-17(13)21/h3-11H,2H2,1H3. The molecule has 0 unspecified atom stereocenters. The molecule has 4 heteroatoms. The summed E-state index contributed by atoms with van der Waals surface area (Å²) in [5, 5.41) is 3.72. The molecule has 114 valence electrons. The quantitative estimate of drug-likeness (QED) is 0.425. The lowest BCUT2D eigenvalue weighted by Gasteiger charge is -2.11. The van der Waals surface area contributed by atoms with Crippen molar-refractivity contribution in [2.45, 2.75) is 13.5 Å². The third-order valence-corrected chi connectivity index (χ3v) is 4.75. The van der Waals surface area contributed by atoms with Gasteiger partial charge in [-0.1, -0.05) is 41.4 Å². The second kappa shape index (κ2) is 5.55. The van der Waals surface area contributed by atoms with Gasteiger partial charge in [-0.15, -0.1) is 0 Å². The van der Waals surface area contributed by atoms with Gasteiger partial charge in [0, 0.05) is 44.7 Å². The second-order valence-corrected chi connectivity index (χ2v) is 6.31. The van der Waals surface area contributed by atoms with Gasteiger partial charge in [0.2, 0.25) is 0 Å². The van der Waals surface area contributed by atoms with Crippen molar-refractivity contribution in [2.24, 2.45) is 0 Å². The fourth-order valence-electron chi connectivity index (χ4n) is 3.26. The van der Waals surface area contributed by atoms with Gasteiger partial charge in [-0.25, -0.2) is 0 Å². The molecule has 0 fully saturated rings. The minimum atomic E-state index is 0.708. The lowest BCUT2D eigenvalue weighted by atomic mass is 10.0. The number of fused-ring (bicyclic) bond motifs is 3. The highest BCUT2D eigenvalue weighted by Gasteiger charge is 2.16. The lowest BCUT2D eigenvalue weighted by molar-refractivity contribution is 0.826. The van der Waals surface area contributed by atoms with Gasteiger partial charge in [-0.05, 0) is 31.2 Å². The van der Waals surface area contributed by atoms with Crippen molar-refractivity contribution in [1.29, 1.82) is 0 Å². The summed E-state index contributed by atoms with van der Waals surface area (Å²) in [4.78, 5) is 4.28. The van der Waals surface area contributed by atoms with E-state index in [4.69, 9.17) is 23.2 Å². The SMILES string of the molecule is CCn1c2cnccc2c2cc(Cl)cc(-c3ccccc3Cl)c21. The van der Waals surface area contributed by atoms with E-state index >= 15 is 0 Å². The van der Waals surface area contributed by atoms with E-state index in [0.29, 0.717) is 5.02 Å². The molecule has 0 aliphatic rings. The van der Waals surface area contributed by atoms with Crippen LogP contribution in [0.3, 0.4) is 0 Å². The fraction of sp³-hybridized carbons (Fsp3) is 0.105. The van der Waals surface area contributed by atoms with Crippen molar-refractivity contribution in [1.82, 2.24) is 9.55 Å². The monoisotopic (exact) mass is 340 g/mol. The van der Waals surface area contributed by atoms with Crippen LogP contribution in [-0.2, 0) is 6.54 Å². The predicted octanol–water partition coefficient (Wildman–Crippen LogP) is 6.18. The highest BCUT2D eigenvalue weighted by atomic mass is 35.5. The Morgan fingerprint density at radius 3 is 2.61 bits per heavy atom. The van der Waals surface area contributed by atoms with Crippen LogP contribution in [0.2, 0.25) is 10.0 Å². The summed E-state index contributed by atoms with van der Waals surface area (Å²) in [6.07, 6.45) is 3.72. The average Bonchev–Trinajstić information content (AvgIpc) is 2.88. The van der Waals surface area contributed by atoms with Gasteiger partial charge in [-0.3, -0.25) is 4.98 Å². The van der Waals surface area contributed by atoms with E-state index in [1.165, 1.54) is 0 Å². The van der Waals surface area contributed by atoms with Crippen LogP contribution in [0, 0.1) is 0 Å². The van der Waals surface area contributed by atoms with Crippen LogP contribution in [0.1, 0.15) is 6.92 Å². The minimum absolute atomic E-state index is 0.708. The number of benzene rings is 2. The first kappa shape index (κ1) is 14.6. The molecule has 0 aliphatic heterocycles. The zero-order valence-corrected chi connectivity index (χ0v) is 14.1. The van der Waals surface area contributed by atoms with Gasteiger partial charge in [0.15, 0.2) is 0 Å². The molecule has 0 aliphatic carbocycles. The molecule has 0 N–H and O–H groups in total. The molecule has 0 bridgehead atoms. The van der Waals surface area contributed by atoms with Crippen LogP contribution in [0.5, 0.6) is 0 Å². The van der Waals surface area contributed by atoms with Crippen molar-refractivity contribution in [3.8, 4) is 11.1 Å². The van der Waals surface area contributed by atoms with E-state index in [1.54, 1.807) is 0 Å². The van der Waals surface area contributed by atoms with Crippen molar-refractivity contribution in [3.63, 3.8) is 0 Å². The van der Waals surface area contributed by atoms with Crippen molar-refractivity contribution < 1.29 is 0 Å². The molecule has 2 heterocycles. The summed E-state index contributed by atoms with van der Waals surface area (Å²) >= 11 is 12.9. The zero-order chi connectivity index (χ0) is 16.0. The highest BCUT2D eigenvalue weighted by molar-refractivity contribution is 6.35. The molecule has 23 heavy (non-hydrogen) atoms. The van der Waals surface area contributed by atoms with E-state index in [-0.39, 0.29) is 0 Å². The summed E-state index contributed by atoms with van der Waals surface area (Å²) < 4.78 is 2.27. The molecule has 4 aromatic rings. The van der Waals surface area contributed by atoms with Gasteiger partial charge >= 0.3 is 0 Å². The highest BCUT2D eigenvalue weighted by Crippen LogP contribution is 2.40.